The highest BCUT2D eigenvalue weighted by atomic mass is 35.5. The van der Waals surface area contributed by atoms with Crippen LogP contribution in [0.5, 0.6) is 0 Å². The molecule has 0 saturated carbocycles. The Morgan fingerprint density at radius 1 is 1.39 bits per heavy atom. The molecule has 3 nitrogen and oxygen atoms in total. The van der Waals surface area contributed by atoms with Crippen LogP contribution in [-0.4, -0.2) is 37.1 Å². The molecule has 0 unspecified atom stereocenters. The monoisotopic (exact) mass is 272 g/mol. The van der Waals surface area contributed by atoms with Gasteiger partial charge >= 0.3 is 5.97 Å². The average Bonchev–Trinajstić information content (AvgIpc) is 2.32. The van der Waals surface area contributed by atoms with Gasteiger partial charge in [0.1, 0.15) is 11.9 Å². The molecule has 18 heavy (non-hydrogen) atoms. The summed E-state index contributed by atoms with van der Waals surface area (Å²) in [5.74, 6) is -0.845. The summed E-state index contributed by atoms with van der Waals surface area (Å²) in [5, 5.41) is 0. The number of halogens is 2. The highest BCUT2D eigenvalue weighted by molar-refractivity contribution is 5.89. The van der Waals surface area contributed by atoms with Gasteiger partial charge in [0.05, 0.1) is 5.56 Å². The van der Waals surface area contributed by atoms with Gasteiger partial charge in [-0.05, 0) is 38.1 Å². The lowest BCUT2D eigenvalue weighted by Gasteiger charge is -2.28. The van der Waals surface area contributed by atoms with Crippen molar-refractivity contribution in [2.24, 2.45) is 0 Å². The molecule has 0 spiro atoms. The minimum atomic E-state index is -0.431. The van der Waals surface area contributed by atoms with Crippen molar-refractivity contribution < 1.29 is 26.3 Å². The molecule has 0 N–H and O–H groups in total. The van der Waals surface area contributed by atoms with E-state index in [4.69, 9.17) is 4.74 Å². The van der Waals surface area contributed by atoms with Gasteiger partial charge in [-0.3, -0.25) is 0 Å². The zero-order chi connectivity index (χ0) is 12.3. The third-order valence-electron chi connectivity index (χ3n) is 3.00. The Morgan fingerprint density at radius 2 is 2.06 bits per heavy atom. The molecule has 0 bridgehead atoms. The molecule has 2 rings (SSSR count). The molecule has 0 radical (unpaired) electrons. The quantitative estimate of drug-likeness (QED) is 0.653. The number of hydrogen-bond donors (Lipinski definition) is 0. The number of ether oxygens (including phenoxy) is 1. The zero-order valence-electron chi connectivity index (χ0n) is 10.2. The van der Waals surface area contributed by atoms with Crippen molar-refractivity contribution in [3.8, 4) is 0 Å². The topological polar surface area (TPSA) is 29.5 Å². The number of benzene rings is 1. The van der Waals surface area contributed by atoms with Crippen LogP contribution in [0.4, 0.5) is 4.39 Å². The van der Waals surface area contributed by atoms with Crippen LogP contribution < -0.4 is 12.4 Å². The van der Waals surface area contributed by atoms with Gasteiger partial charge in [0.15, 0.2) is 0 Å². The van der Waals surface area contributed by atoms with Gasteiger partial charge < -0.3 is 22.0 Å². The molecule has 1 fully saturated rings. The normalized spacial score (nSPS) is 17.0. The third-order valence-corrected chi connectivity index (χ3v) is 3.00. The minimum absolute atomic E-state index is 0. The first-order valence-corrected chi connectivity index (χ1v) is 5.80. The first kappa shape index (κ1) is 14.9. The van der Waals surface area contributed by atoms with E-state index in [2.05, 4.69) is 4.90 Å². The number of carbonyl (C=O) groups excluding carboxylic acids is 1. The van der Waals surface area contributed by atoms with Crippen molar-refractivity contribution in [1.29, 1.82) is 0 Å². The molecule has 1 aromatic carbocycles. The lowest BCUT2D eigenvalue weighted by Crippen LogP contribution is -3.00. The highest BCUT2D eigenvalue weighted by Gasteiger charge is 2.21. The Balaban J connectivity index is 0.00000162. The van der Waals surface area contributed by atoms with E-state index in [-0.39, 0.29) is 24.1 Å². The minimum Gasteiger partial charge on any atom is -1.00 e. The zero-order valence-corrected chi connectivity index (χ0v) is 11.0. The van der Waals surface area contributed by atoms with Gasteiger partial charge in [-0.25, -0.2) is 9.18 Å². The van der Waals surface area contributed by atoms with Gasteiger partial charge in [0, 0.05) is 13.1 Å². The number of nitrogens with zero attached hydrogens (tertiary/aromatic N) is 1. The Labute approximate surface area is 112 Å². The first-order chi connectivity index (χ1) is 8.15. The summed E-state index contributed by atoms with van der Waals surface area (Å²) < 4.78 is 18.3. The van der Waals surface area contributed by atoms with Crippen molar-refractivity contribution in [2.45, 2.75) is 18.9 Å². The molecule has 1 aliphatic heterocycles. The number of rotatable bonds is 2. The Bertz CT molecular complexity index is 406. The van der Waals surface area contributed by atoms with E-state index < -0.39 is 11.8 Å². The molecule has 1 saturated heterocycles. The van der Waals surface area contributed by atoms with E-state index in [1.807, 2.05) is 7.05 Å². The maximum atomic E-state index is 12.9. The van der Waals surface area contributed by atoms with Crippen LogP contribution in [0.3, 0.4) is 0 Å². The second-order valence-electron chi connectivity index (χ2n) is 4.42. The SMILES string of the molecule is CN1CCC(OC(=O)c2cccc(F)c2)CC1.[Cl-]. The number of likely N-dealkylation sites (tertiary alicyclic amines) is 1. The second-order valence-corrected chi connectivity index (χ2v) is 4.42. The van der Waals surface area contributed by atoms with Crippen LogP contribution in [0.15, 0.2) is 24.3 Å². The lowest BCUT2D eigenvalue weighted by molar-refractivity contribution is -0.0000644. The van der Waals surface area contributed by atoms with E-state index in [0.717, 1.165) is 25.9 Å². The van der Waals surface area contributed by atoms with Crippen molar-refractivity contribution in [3.63, 3.8) is 0 Å². The lowest BCUT2D eigenvalue weighted by atomic mass is 10.1. The van der Waals surface area contributed by atoms with Crippen molar-refractivity contribution >= 4 is 5.97 Å². The van der Waals surface area contributed by atoms with Crippen molar-refractivity contribution in [3.05, 3.63) is 35.6 Å². The van der Waals surface area contributed by atoms with E-state index in [9.17, 15) is 9.18 Å². The summed E-state index contributed by atoms with van der Waals surface area (Å²) in [6, 6.07) is 5.60. The molecule has 1 aliphatic rings. The molecule has 100 valence electrons. The number of esters is 1. The summed E-state index contributed by atoms with van der Waals surface area (Å²) in [5.41, 5.74) is 0.281. The smallest absolute Gasteiger partial charge is 0.338 e. The van der Waals surface area contributed by atoms with Gasteiger partial charge in [-0.15, -0.1) is 0 Å². The predicted octanol–water partition coefficient (Wildman–Crippen LogP) is -0.919. The second kappa shape index (κ2) is 6.71. The molecule has 0 aliphatic carbocycles. The predicted molar refractivity (Wildman–Crippen MR) is 62.3 cm³/mol. The molecule has 0 atom stereocenters. The molecule has 5 heteroatoms. The summed E-state index contributed by atoms with van der Waals surface area (Å²) in [4.78, 5) is 13.9. The molecule has 1 aromatic rings. The van der Waals surface area contributed by atoms with Gasteiger partial charge in [0.25, 0.3) is 0 Å². The first-order valence-electron chi connectivity index (χ1n) is 5.80. The molecular formula is C13H16ClFNO2-. The van der Waals surface area contributed by atoms with Crippen LogP contribution in [0.2, 0.25) is 0 Å². The average molecular weight is 273 g/mol. The van der Waals surface area contributed by atoms with E-state index in [0.29, 0.717) is 0 Å². The van der Waals surface area contributed by atoms with Crippen LogP contribution in [0, 0.1) is 5.82 Å². The molecule has 0 aromatic heterocycles. The fourth-order valence-corrected chi connectivity index (χ4v) is 1.94. The van der Waals surface area contributed by atoms with E-state index >= 15 is 0 Å². The van der Waals surface area contributed by atoms with Gasteiger partial charge in [0.2, 0.25) is 0 Å². The molecule has 1 heterocycles. The largest absolute Gasteiger partial charge is 1.00 e. The van der Waals surface area contributed by atoms with Crippen molar-refractivity contribution in [2.75, 3.05) is 20.1 Å². The fourth-order valence-electron chi connectivity index (χ4n) is 1.94. The highest BCUT2D eigenvalue weighted by Crippen LogP contribution is 2.15. The third kappa shape index (κ3) is 3.96. The van der Waals surface area contributed by atoms with Gasteiger partial charge in [-0.1, -0.05) is 6.07 Å². The molecule has 0 amide bonds. The van der Waals surface area contributed by atoms with Gasteiger partial charge in [-0.2, -0.15) is 0 Å². The fraction of sp³-hybridized carbons (Fsp3) is 0.462. The standard InChI is InChI=1S/C13H16FNO2.ClH/c1-15-7-5-12(6-8-15)17-13(16)10-3-2-4-11(14)9-10;/h2-4,9,12H,5-8H2,1H3;1H/p-1. The number of piperidine rings is 1. The maximum absolute atomic E-state index is 12.9. The Morgan fingerprint density at radius 3 is 2.67 bits per heavy atom. The van der Waals surface area contributed by atoms with E-state index in [1.165, 1.54) is 18.2 Å². The van der Waals surface area contributed by atoms with E-state index in [1.54, 1.807) is 6.07 Å². The van der Waals surface area contributed by atoms with Crippen molar-refractivity contribution in [1.82, 2.24) is 4.90 Å². The summed E-state index contributed by atoms with van der Waals surface area (Å²) in [6.45, 7) is 1.86. The summed E-state index contributed by atoms with van der Waals surface area (Å²) in [7, 11) is 2.05. The summed E-state index contributed by atoms with van der Waals surface area (Å²) in [6.07, 6.45) is 1.65. The van der Waals surface area contributed by atoms with Crippen LogP contribution in [0.25, 0.3) is 0 Å². The number of hydrogen-bond acceptors (Lipinski definition) is 3. The van der Waals surface area contributed by atoms with Crippen LogP contribution in [-0.2, 0) is 4.74 Å². The van der Waals surface area contributed by atoms with Crippen LogP contribution in [0.1, 0.15) is 23.2 Å². The Hall–Kier alpha value is -1.13. The number of carbonyl (C=O) groups is 1. The molecular weight excluding hydrogens is 257 g/mol. The van der Waals surface area contributed by atoms with Crippen LogP contribution >= 0.6 is 0 Å². The summed E-state index contributed by atoms with van der Waals surface area (Å²) >= 11 is 0. The maximum Gasteiger partial charge on any atom is 0.338 e. The Kier molecular flexibility index (Phi) is 5.56.